The van der Waals surface area contributed by atoms with Crippen molar-refractivity contribution >= 4 is 62.3 Å². The topological polar surface area (TPSA) is 59.8 Å². The van der Waals surface area contributed by atoms with Crippen LogP contribution in [0.2, 0.25) is 15.1 Å². The quantitative estimate of drug-likeness (QED) is 0.300. The molecule has 31 heavy (non-hydrogen) atoms. The Morgan fingerprint density at radius 3 is 2.39 bits per heavy atom. The average Bonchev–Trinajstić information content (AvgIpc) is 3.19. The van der Waals surface area contributed by atoms with Crippen LogP contribution in [0.4, 0.5) is 5.69 Å². The average molecular weight is 537 g/mol. The highest BCUT2D eigenvalue weighted by Gasteiger charge is 2.20. The second-order valence-electron chi connectivity index (χ2n) is 6.66. The van der Waals surface area contributed by atoms with E-state index in [2.05, 4.69) is 31.3 Å². The molecule has 0 spiro atoms. The maximum absolute atomic E-state index is 13.0. The Labute approximate surface area is 202 Å². The summed E-state index contributed by atoms with van der Waals surface area (Å²) >= 11 is 21.9. The molecule has 0 saturated heterocycles. The fourth-order valence-corrected chi connectivity index (χ4v) is 3.78. The first-order valence-corrected chi connectivity index (χ1v) is 11.0. The lowest BCUT2D eigenvalue weighted by molar-refractivity contribution is 0.101. The lowest BCUT2D eigenvalue weighted by Crippen LogP contribution is -2.15. The SMILES string of the molecule is Cc1cccc(Cl)c1NC(=O)c1nc(-c2ccc(Br)cc2)n(-c2ccc(Cl)c(Cl)c2)n1. The molecule has 1 heterocycles. The van der Waals surface area contributed by atoms with Crippen LogP contribution >= 0.6 is 50.7 Å². The highest BCUT2D eigenvalue weighted by molar-refractivity contribution is 9.10. The molecule has 3 aromatic carbocycles. The summed E-state index contributed by atoms with van der Waals surface area (Å²) in [5.74, 6) is -0.0106. The van der Waals surface area contributed by atoms with Crippen molar-refractivity contribution in [1.82, 2.24) is 14.8 Å². The van der Waals surface area contributed by atoms with Crippen molar-refractivity contribution in [3.63, 3.8) is 0 Å². The van der Waals surface area contributed by atoms with Crippen LogP contribution in [0.1, 0.15) is 16.2 Å². The minimum absolute atomic E-state index is 0.0108. The van der Waals surface area contributed by atoms with Crippen LogP contribution in [0.3, 0.4) is 0 Å². The van der Waals surface area contributed by atoms with Crippen molar-refractivity contribution in [2.75, 3.05) is 5.32 Å². The van der Waals surface area contributed by atoms with Gasteiger partial charge in [0.15, 0.2) is 5.82 Å². The monoisotopic (exact) mass is 534 g/mol. The largest absolute Gasteiger partial charge is 0.318 e. The predicted octanol–water partition coefficient (Wildman–Crippen LogP) is 7.22. The molecule has 4 aromatic rings. The van der Waals surface area contributed by atoms with Gasteiger partial charge in [-0.15, -0.1) is 5.10 Å². The molecule has 0 aliphatic carbocycles. The lowest BCUT2D eigenvalue weighted by Gasteiger charge is -2.08. The number of hydrogen-bond acceptors (Lipinski definition) is 3. The Bertz CT molecular complexity index is 1270. The second kappa shape index (κ2) is 9.01. The molecule has 0 atom stereocenters. The summed E-state index contributed by atoms with van der Waals surface area (Å²) in [4.78, 5) is 17.5. The second-order valence-corrected chi connectivity index (χ2v) is 8.80. The van der Waals surface area contributed by atoms with E-state index in [9.17, 15) is 4.79 Å². The third-order valence-electron chi connectivity index (χ3n) is 4.52. The van der Waals surface area contributed by atoms with Crippen molar-refractivity contribution in [3.05, 3.63) is 91.6 Å². The molecule has 156 valence electrons. The first-order valence-electron chi connectivity index (χ1n) is 9.08. The zero-order chi connectivity index (χ0) is 22.1. The Balaban J connectivity index is 1.80. The maximum Gasteiger partial charge on any atom is 0.295 e. The van der Waals surface area contributed by atoms with Gasteiger partial charge in [0, 0.05) is 10.0 Å². The summed E-state index contributed by atoms with van der Waals surface area (Å²) in [6.45, 7) is 1.86. The minimum Gasteiger partial charge on any atom is -0.318 e. The van der Waals surface area contributed by atoms with Gasteiger partial charge in [-0.1, -0.05) is 75.0 Å². The van der Waals surface area contributed by atoms with Crippen LogP contribution < -0.4 is 5.32 Å². The third-order valence-corrected chi connectivity index (χ3v) is 6.10. The summed E-state index contributed by atoms with van der Waals surface area (Å²) in [5, 5.41) is 8.47. The highest BCUT2D eigenvalue weighted by atomic mass is 79.9. The van der Waals surface area contributed by atoms with Crippen molar-refractivity contribution in [3.8, 4) is 17.1 Å². The molecule has 5 nitrogen and oxygen atoms in total. The fourth-order valence-electron chi connectivity index (χ4n) is 2.95. The van der Waals surface area contributed by atoms with Crippen LogP contribution in [0.5, 0.6) is 0 Å². The number of anilines is 1. The van der Waals surface area contributed by atoms with Crippen molar-refractivity contribution < 1.29 is 4.79 Å². The van der Waals surface area contributed by atoms with Gasteiger partial charge in [-0.05, 0) is 48.9 Å². The lowest BCUT2D eigenvalue weighted by atomic mass is 10.2. The molecule has 0 bridgehead atoms. The minimum atomic E-state index is -0.478. The molecule has 0 aliphatic rings. The maximum atomic E-state index is 13.0. The van der Waals surface area contributed by atoms with E-state index in [1.54, 1.807) is 28.9 Å². The van der Waals surface area contributed by atoms with Crippen LogP contribution in [-0.2, 0) is 0 Å². The number of carbonyl (C=O) groups excluding carboxylic acids is 1. The molecule has 1 aromatic heterocycles. The number of amides is 1. The third kappa shape index (κ3) is 4.62. The molecular weight excluding hydrogens is 523 g/mol. The van der Waals surface area contributed by atoms with E-state index in [-0.39, 0.29) is 5.82 Å². The summed E-state index contributed by atoms with van der Waals surface area (Å²) < 4.78 is 2.48. The van der Waals surface area contributed by atoms with Crippen LogP contribution in [-0.4, -0.2) is 20.7 Å². The summed E-state index contributed by atoms with van der Waals surface area (Å²) in [6, 6.07) is 18.0. The van der Waals surface area contributed by atoms with Crippen molar-refractivity contribution in [2.24, 2.45) is 0 Å². The van der Waals surface area contributed by atoms with E-state index in [4.69, 9.17) is 34.8 Å². The van der Waals surface area contributed by atoms with E-state index in [1.165, 1.54) is 0 Å². The number of para-hydroxylation sites is 1. The van der Waals surface area contributed by atoms with Gasteiger partial charge in [0.2, 0.25) is 5.82 Å². The number of carbonyl (C=O) groups is 1. The van der Waals surface area contributed by atoms with Gasteiger partial charge in [-0.2, -0.15) is 0 Å². The van der Waals surface area contributed by atoms with E-state index >= 15 is 0 Å². The summed E-state index contributed by atoms with van der Waals surface area (Å²) in [5.41, 5.74) is 2.74. The number of benzene rings is 3. The highest BCUT2D eigenvalue weighted by Crippen LogP contribution is 2.29. The van der Waals surface area contributed by atoms with E-state index in [0.717, 1.165) is 15.6 Å². The van der Waals surface area contributed by atoms with Crippen molar-refractivity contribution in [2.45, 2.75) is 6.92 Å². The molecule has 0 radical (unpaired) electrons. The van der Waals surface area contributed by atoms with Gasteiger partial charge >= 0.3 is 0 Å². The van der Waals surface area contributed by atoms with Gasteiger partial charge in [0.25, 0.3) is 5.91 Å². The molecule has 0 aliphatic heterocycles. The Hall–Kier alpha value is -2.38. The fraction of sp³-hybridized carbons (Fsp3) is 0.0455. The molecule has 0 saturated carbocycles. The number of aromatic nitrogens is 3. The summed E-state index contributed by atoms with van der Waals surface area (Å²) in [7, 11) is 0. The zero-order valence-corrected chi connectivity index (χ0v) is 19.9. The Kier molecular flexibility index (Phi) is 6.34. The Morgan fingerprint density at radius 1 is 0.968 bits per heavy atom. The van der Waals surface area contributed by atoms with E-state index < -0.39 is 5.91 Å². The Morgan fingerprint density at radius 2 is 1.71 bits per heavy atom. The number of nitrogens with one attached hydrogen (secondary N) is 1. The van der Waals surface area contributed by atoms with Gasteiger partial charge < -0.3 is 5.32 Å². The number of aryl methyl sites for hydroxylation is 1. The molecule has 0 unspecified atom stereocenters. The van der Waals surface area contributed by atoms with E-state index in [1.807, 2.05) is 43.3 Å². The summed E-state index contributed by atoms with van der Waals surface area (Å²) in [6.07, 6.45) is 0. The number of halogens is 4. The first-order chi connectivity index (χ1) is 14.8. The molecule has 9 heteroatoms. The van der Waals surface area contributed by atoms with Crippen molar-refractivity contribution in [1.29, 1.82) is 0 Å². The van der Waals surface area contributed by atoms with Gasteiger partial charge in [0.1, 0.15) is 0 Å². The van der Waals surface area contributed by atoms with E-state index in [0.29, 0.717) is 32.3 Å². The predicted molar refractivity (Wildman–Crippen MR) is 129 cm³/mol. The molecule has 1 amide bonds. The van der Waals surface area contributed by atoms with Gasteiger partial charge in [0.05, 0.1) is 26.4 Å². The van der Waals surface area contributed by atoms with Crippen LogP contribution in [0.15, 0.2) is 65.1 Å². The normalized spacial score (nSPS) is 10.9. The smallest absolute Gasteiger partial charge is 0.295 e. The van der Waals surface area contributed by atoms with Crippen LogP contribution in [0, 0.1) is 6.92 Å². The molecule has 1 N–H and O–H groups in total. The standard InChI is InChI=1S/C22H14BrCl3N4O/c1-12-3-2-4-17(25)19(12)27-22(31)20-28-21(13-5-7-14(23)8-6-13)30(29-20)15-9-10-16(24)18(26)11-15/h2-11H,1H3,(H,27,31). The number of rotatable bonds is 4. The molecule has 4 rings (SSSR count). The van der Waals surface area contributed by atoms with Crippen LogP contribution in [0.25, 0.3) is 17.1 Å². The van der Waals surface area contributed by atoms with Gasteiger partial charge in [-0.3, -0.25) is 4.79 Å². The van der Waals surface area contributed by atoms with Gasteiger partial charge in [-0.25, -0.2) is 9.67 Å². The first kappa shape index (κ1) is 21.8. The zero-order valence-electron chi connectivity index (χ0n) is 16.0. The molecule has 0 fully saturated rings. The number of nitrogens with zero attached hydrogens (tertiary/aromatic N) is 3. The number of hydrogen-bond donors (Lipinski definition) is 1. The molecular formula is C22H14BrCl3N4O.